The molecular formula is C23H17BrClNO5. The van der Waals surface area contributed by atoms with Crippen molar-refractivity contribution in [2.75, 3.05) is 19.1 Å². The number of methoxy groups -OCH3 is 2. The summed E-state index contributed by atoms with van der Waals surface area (Å²) in [6.45, 7) is 0. The van der Waals surface area contributed by atoms with E-state index in [-0.39, 0.29) is 22.6 Å². The van der Waals surface area contributed by atoms with Crippen LogP contribution in [0.2, 0.25) is 5.02 Å². The maximum absolute atomic E-state index is 13.4. The molecule has 31 heavy (non-hydrogen) atoms. The summed E-state index contributed by atoms with van der Waals surface area (Å²) in [5.74, 6) is -1.84. The van der Waals surface area contributed by atoms with Gasteiger partial charge in [0.15, 0.2) is 5.78 Å². The SMILES string of the molecule is COC(=O)C1=C(C(=O)OC)N(c2ccc(Br)cc2C(=O)c2ccccc2Cl)C=CC=C1. The van der Waals surface area contributed by atoms with Crippen LogP contribution in [0.5, 0.6) is 0 Å². The lowest BCUT2D eigenvalue weighted by Crippen LogP contribution is -2.28. The molecule has 0 saturated heterocycles. The number of carbonyl (C=O) groups excluding carboxylic acids is 3. The molecule has 0 fully saturated rings. The lowest BCUT2D eigenvalue weighted by Gasteiger charge is -2.25. The van der Waals surface area contributed by atoms with E-state index in [1.54, 1.807) is 60.8 Å². The number of ether oxygens (including phenoxy) is 2. The van der Waals surface area contributed by atoms with Crippen molar-refractivity contribution in [1.82, 2.24) is 0 Å². The van der Waals surface area contributed by atoms with Crippen LogP contribution in [0.1, 0.15) is 15.9 Å². The van der Waals surface area contributed by atoms with E-state index < -0.39 is 11.9 Å². The standard InChI is InChI=1S/C23H17BrClNO5/c1-30-22(28)16-8-5-6-12-26(20(16)23(29)31-2)19-11-10-14(24)13-17(19)21(27)15-7-3-4-9-18(15)25/h3-13H,1-2H3. The molecule has 0 radical (unpaired) electrons. The van der Waals surface area contributed by atoms with Gasteiger partial charge >= 0.3 is 11.9 Å². The van der Waals surface area contributed by atoms with Crippen LogP contribution in [0.3, 0.4) is 0 Å². The molecule has 0 amide bonds. The lowest BCUT2D eigenvalue weighted by atomic mass is 10.0. The lowest BCUT2D eigenvalue weighted by molar-refractivity contribution is -0.139. The van der Waals surface area contributed by atoms with Gasteiger partial charge in [0.25, 0.3) is 0 Å². The summed E-state index contributed by atoms with van der Waals surface area (Å²) >= 11 is 9.63. The Morgan fingerprint density at radius 2 is 1.65 bits per heavy atom. The molecule has 1 aliphatic rings. The summed E-state index contributed by atoms with van der Waals surface area (Å²) < 4.78 is 10.4. The van der Waals surface area contributed by atoms with Gasteiger partial charge in [0, 0.05) is 21.8 Å². The summed E-state index contributed by atoms with van der Waals surface area (Å²) in [4.78, 5) is 39.9. The van der Waals surface area contributed by atoms with E-state index >= 15 is 0 Å². The monoisotopic (exact) mass is 501 g/mol. The molecule has 0 atom stereocenters. The second kappa shape index (κ2) is 9.76. The molecule has 8 heteroatoms. The van der Waals surface area contributed by atoms with E-state index in [0.717, 1.165) is 0 Å². The van der Waals surface area contributed by atoms with Crippen molar-refractivity contribution in [3.05, 3.63) is 98.8 Å². The fourth-order valence-corrected chi connectivity index (χ4v) is 3.62. The number of hydrogen-bond acceptors (Lipinski definition) is 6. The Morgan fingerprint density at radius 3 is 2.32 bits per heavy atom. The Bertz CT molecular complexity index is 1150. The number of carbonyl (C=O) groups is 3. The van der Waals surface area contributed by atoms with Crippen molar-refractivity contribution in [3.63, 3.8) is 0 Å². The third-order valence-electron chi connectivity index (χ3n) is 4.47. The minimum atomic E-state index is -0.768. The molecule has 1 heterocycles. The minimum Gasteiger partial charge on any atom is -0.465 e. The van der Waals surface area contributed by atoms with Gasteiger partial charge in [0.1, 0.15) is 5.70 Å². The second-order valence-electron chi connectivity index (χ2n) is 6.29. The van der Waals surface area contributed by atoms with Crippen LogP contribution in [0.25, 0.3) is 0 Å². The van der Waals surface area contributed by atoms with Crippen molar-refractivity contribution in [1.29, 1.82) is 0 Å². The van der Waals surface area contributed by atoms with Gasteiger partial charge in [0.2, 0.25) is 0 Å². The average Bonchev–Trinajstić information content (AvgIpc) is 3.00. The first-order chi connectivity index (χ1) is 14.9. The third kappa shape index (κ3) is 4.62. The van der Waals surface area contributed by atoms with Gasteiger partial charge in [-0.3, -0.25) is 4.79 Å². The number of ketones is 1. The number of halogens is 2. The number of nitrogens with zero attached hydrogens (tertiary/aromatic N) is 1. The van der Waals surface area contributed by atoms with Crippen molar-refractivity contribution in [2.45, 2.75) is 0 Å². The van der Waals surface area contributed by atoms with Crippen molar-refractivity contribution in [3.8, 4) is 0 Å². The van der Waals surface area contributed by atoms with Crippen LogP contribution in [0, 0.1) is 0 Å². The second-order valence-corrected chi connectivity index (χ2v) is 7.61. The number of benzene rings is 2. The van der Waals surface area contributed by atoms with E-state index in [1.807, 2.05) is 0 Å². The molecule has 0 aliphatic carbocycles. The highest BCUT2D eigenvalue weighted by atomic mass is 79.9. The first-order valence-electron chi connectivity index (χ1n) is 9.02. The fourth-order valence-electron chi connectivity index (χ4n) is 3.04. The molecule has 0 unspecified atom stereocenters. The molecule has 1 aliphatic heterocycles. The molecule has 0 spiro atoms. The Kier molecular flexibility index (Phi) is 7.09. The molecular weight excluding hydrogens is 486 g/mol. The van der Waals surface area contributed by atoms with E-state index in [4.69, 9.17) is 21.1 Å². The molecule has 0 saturated carbocycles. The molecule has 2 aromatic carbocycles. The molecule has 0 aromatic heterocycles. The van der Waals surface area contributed by atoms with E-state index in [2.05, 4.69) is 15.9 Å². The van der Waals surface area contributed by atoms with Gasteiger partial charge < -0.3 is 14.4 Å². The van der Waals surface area contributed by atoms with Crippen LogP contribution < -0.4 is 4.90 Å². The average molecular weight is 503 g/mol. The van der Waals surface area contributed by atoms with Crippen LogP contribution in [0.4, 0.5) is 5.69 Å². The zero-order valence-electron chi connectivity index (χ0n) is 16.6. The van der Waals surface area contributed by atoms with Crippen molar-refractivity contribution in [2.24, 2.45) is 0 Å². The van der Waals surface area contributed by atoms with E-state index in [9.17, 15) is 14.4 Å². The Balaban J connectivity index is 2.26. The molecule has 0 bridgehead atoms. The molecule has 3 rings (SSSR count). The van der Waals surface area contributed by atoms with Crippen LogP contribution in [-0.2, 0) is 19.1 Å². The van der Waals surface area contributed by atoms with E-state index in [0.29, 0.717) is 20.7 Å². The smallest absolute Gasteiger partial charge is 0.355 e. The predicted octanol–water partition coefficient (Wildman–Crippen LogP) is 4.82. The zero-order valence-corrected chi connectivity index (χ0v) is 18.9. The van der Waals surface area contributed by atoms with Crippen molar-refractivity contribution < 1.29 is 23.9 Å². The van der Waals surface area contributed by atoms with Crippen LogP contribution in [0.15, 0.2) is 82.6 Å². The van der Waals surface area contributed by atoms with Gasteiger partial charge in [-0.25, -0.2) is 9.59 Å². The van der Waals surface area contributed by atoms with Gasteiger partial charge in [-0.2, -0.15) is 0 Å². The summed E-state index contributed by atoms with van der Waals surface area (Å²) in [5, 5.41) is 0.297. The molecule has 158 valence electrons. The topological polar surface area (TPSA) is 72.9 Å². The molecule has 6 nitrogen and oxygen atoms in total. The van der Waals surface area contributed by atoms with Gasteiger partial charge in [-0.15, -0.1) is 0 Å². The maximum Gasteiger partial charge on any atom is 0.355 e. The normalized spacial score (nSPS) is 13.1. The third-order valence-corrected chi connectivity index (χ3v) is 5.29. The Hall–Kier alpha value is -3.16. The fraction of sp³-hybridized carbons (Fsp3) is 0.0870. The summed E-state index contributed by atoms with van der Waals surface area (Å²) in [7, 11) is 2.42. The maximum atomic E-state index is 13.4. The first-order valence-corrected chi connectivity index (χ1v) is 10.2. The number of rotatable bonds is 5. The number of anilines is 1. The number of esters is 2. The highest BCUT2D eigenvalue weighted by Crippen LogP contribution is 2.33. The molecule has 0 N–H and O–H groups in total. The Labute approximate surface area is 192 Å². The summed E-state index contributed by atoms with van der Waals surface area (Å²) in [6, 6.07) is 11.7. The molecule has 2 aromatic rings. The predicted molar refractivity (Wildman–Crippen MR) is 121 cm³/mol. The largest absolute Gasteiger partial charge is 0.465 e. The zero-order chi connectivity index (χ0) is 22.5. The highest BCUT2D eigenvalue weighted by molar-refractivity contribution is 9.10. The number of allylic oxidation sites excluding steroid dienone is 2. The van der Waals surface area contributed by atoms with Gasteiger partial charge in [-0.05, 0) is 42.5 Å². The quantitative estimate of drug-likeness (QED) is 0.431. The minimum absolute atomic E-state index is 0.0154. The van der Waals surface area contributed by atoms with Gasteiger partial charge in [0.05, 0.1) is 30.5 Å². The van der Waals surface area contributed by atoms with E-state index in [1.165, 1.54) is 25.2 Å². The van der Waals surface area contributed by atoms with Crippen molar-refractivity contribution >= 4 is 50.9 Å². The highest BCUT2D eigenvalue weighted by Gasteiger charge is 2.30. The van der Waals surface area contributed by atoms with Crippen LogP contribution >= 0.6 is 27.5 Å². The van der Waals surface area contributed by atoms with Crippen LogP contribution in [-0.4, -0.2) is 31.9 Å². The Morgan fingerprint density at radius 1 is 0.935 bits per heavy atom. The first kappa shape index (κ1) is 22.5. The van der Waals surface area contributed by atoms with Gasteiger partial charge in [-0.1, -0.05) is 45.7 Å². The summed E-state index contributed by atoms with van der Waals surface area (Å²) in [6.07, 6.45) is 6.22. The summed E-state index contributed by atoms with van der Waals surface area (Å²) in [5.41, 5.74) is 0.819. The number of hydrogen-bond donors (Lipinski definition) is 0.